The van der Waals surface area contributed by atoms with Crippen molar-refractivity contribution in [2.24, 2.45) is 0 Å². The highest BCUT2D eigenvalue weighted by atomic mass is 79.9. The summed E-state index contributed by atoms with van der Waals surface area (Å²) < 4.78 is 1.01. The molecule has 0 amide bonds. The molecule has 104 valence electrons. The molecule has 3 heteroatoms. The van der Waals surface area contributed by atoms with Gasteiger partial charge in [0.1, 0.15) is 0 Å². The summed E-state index contributed by atoms with van der Waals surface area (Å²) in [5.74, 6) is 0.651. The van der Waals surface area contributed by atoms with Gasteiger partial charge < -0.3 is 5.32 Å². The Morgan fingerprint density at radius 1 is 1.10 bits per heavy atom. The number of benzene rings is 2. The molecule has 2 atom stereocenters. The van der Waals surface area contributed by atoms with Gasteiger partial charge >= 0.3 is 0 Å². The van der Waals surface area contributed by atoms with Crippen molar-refractivity contribution in [2.75, 3.05) is 5.32 Å². The fraction of sp³-hybridized carbons (Fsp3) is 0.294. The summed E-state index contributed by atoms with van der Waals surface area (Å²) in [4.78, 5) is 0. The molecule has 0 saturated carbocycles. The monoisotopic (exact) mass is 349 g/mol. The Bertz CT molecular complexity index is 626. The second kappa shape index (κ2) is 5.79. The van der Waals surface area contributed by atoms with E-state index in [0.29, 0.717) is 12.0 Å². The van der Waals surface area contributed by atoms with Crippen LogP contribution in [0.3, 0.4) is 0 Å². The molecule has 2 unspecified atom stereocenters. The number of nitrogens with one attached hydrogen (secondary N) is 1. The highest BCUT2D eigenvalue weighted by Crippen LogP contribution is 2.40. The van der Waals surface area contributed by atoms with Crippen LogP contribution in [0.5, 0.6) is 0 Å². The summed E-state index contributed by atoms with van der Waals surface area (Å²) in [7, 11) is 0. The van der Waals surface area contributed by atoms with Gasteiger partial charge in [-0.3, -0.25) is 0 Å². The normalized spacial score (nSPS) is 21.4. The Morgan fingerprint density at radius 3 is 2.60 bits per heavy atom. The number of anilines is 1. The lowest BCUT2D eigenvalue weighted by molar-refractivity contribution is 0.534. The molecule has 0 radical (unpaired) electrons. The van der Waals surface area contributed by atoms with Crippen LogP contribution in [-0.2, 0) is 0 Å². The van der Waals surface area contributed by atoms with Crippen molar-refractivity contribution < 1.29 is 0 Å². The third kappa shape index (κ3) is 2.72. The molecule has 1 N–H and O–H groups in total. The lowest BCUT2D eigenvalue weighted by Crippen LogP contribution is -2.19. The molecular formula is C17H17BrClN. The van der Waals surface area contributed by atoms with Gasteiger partial charge in [0, 0.05) is 15.2 Å². The van der Waals surface area contributed by atoms with Gasteiger partial charge in [0.05, 0.1) is 6.04 Å². The van der Waals surface area contributed by atoms with Gasteiger partial charge in [-0.05, 0) is 64.0 Å². The highest BCUT2D eigenvalue weighted by Gasteiger charge is 2.24. The maximum absolute atomic E-state index is 6.00. The third-order valence-corrected chi connectivity index (χ3v) is 4.94. The fourth-order valence-corrected chi connectivity index (χ4v) is 3.75. The number of fused-ring (bicyclic) bond motifs is 1. The molecule has 1 aliphatic carbocycles. The lowest BCUT2D eigenvalue weighted by atomic mass is 9.81. The second-order valence-electron chi connectivity index (χ2n) is 5.43. The Labute approximate surface area is 133 Å². The minimum absolute atomic E-state index is 0.375. The second-order valence-corrected chi connectivity index (χ2v) is 6.72. The van der Waals surface area contributed by atoms with Crippen LogP contribution in [0.15, 0.2) is 46.9 Å². The molecule has 0 aliphatic heterocycles. The molecule has 2 aromatic rings. The van der Waals surface area contributed by atoms with Crippen LogP contribution in [0, 0.1) is 0 Å². The zero-order chi connectivity index (χ0) is 14.1. The minimum Gasteiger partial charge on any atom is -0.377 e. The zero-order valence-corrected chi connectivity index (χ0v) is 13.7. The molecular weight excluding hydrogens is 334 g/mol. The summed E-state index contributed by atoms with van der Waals surface area (Å²) in [6, 6.07) is 15.0. The van der Waals surface area contributed by atoms with E-state index in [1.807, 2.05) is 18.2 Å². The van der Waals surface area contributed by atoms with Gasteiger partial charge in [0.25, 0.3) is 0 Å². The van der Waals surface area contributed by atoms with Crippen molar-refractivity contribution >= 4 is 33.2 Å². The van der Waals surface area contributed by atoms with E-state index < -0.39 is 0 Å². The van der Waals surface area contributed by atoms with E-state index in [-0.39, 0.29) is 0 Å². The topological polar surface area (TPSA) is 12.0 Å². The molecule has 0 aromatic heterocycles. The summed E-state index contributed by atoms with van der Waals surface area (Å²) in [6.45, 7) is 2.31. The predicted molar refractivity (Wildman–Crippen MR) is 89.6 cm³/mol. The van der Waals surface area contributed by atoms with E-state index in [1.54, 1.807) is 0 Å². The standard InChI is InChI=1S/C17H17BrClN/c1-11-6-8-16(14-5-3-2-4-13(11)14)20-17-9-7-12(19)10-15(17)18/h2-5,7,9-11,16,20H,6,8H2,1H3. The summed E-state index contributed by atoms with van der Waals surface area (Å²) in [6.07, 6.45) is 2.38. The number of rotatable bonds is 2. The Kier molecular flexibility index (Phi) is 4.04. The molecule has 20 heavy (non-hydrogen) atoms. The van der Waals surface area contributed by atoms with Crippen LogP contribution in [0.4, 0.5) is 5.69 Å². The van der Waals surface area contributed by atoms with Crippen LogP contribution in [0.25, 0.3) is 0 Å². The Balaban J connectivity index is 1.90. The maximum Gasteiger partial charge on any atom is 0.0517 e. The predicted octanol–water partition coefficient (Wildman–Crippen LogP) is 6.15. The molecule has 1 nitrogen and oxygen atoms in total. The average Bonchev–Trinajstić information content (AvgIpc) is 2.45. The van der Waals surface area contributed by atoms with Crippen molar-refractivity contribution in [1.29, 1.82) is 0 Å². The maximum atomic E-state index is 6.00. The summed E-state index contributed by atoms with van der Waals surface area (Å²) >= 11 is 9.58. The largest absolute Gasteiger partial charge is 0.377 e. The number of halogens is 2. The van der Waals surface area contributed by atoms with E-state index in [1.165, 1.54) is 17.5 Å². The van der Waals surface area contributed by atoms with Crippen LogP contribution in [0.2, 0.25) is 5.02 Å². The molecule has 0 fully saturated rings. The van der Waals surface area contributed by atoms with Crippen molar-refractivity contribution in [3.05, 3.63) is 63.1 Å². The SMILES string of the molecule is CC1CCC(Nc2ccc(Cl)cc2Br)c2ccccc21. The Hall–Kier alpha value is -0.990. The molecule has 0 bridgehead atoms. The van der Waals surface area contributed by atoms with Crippen molar-refractivity contribution in [3.8, 4) is 0 Å². The van der Waals surface area contributed by atoms with Crippen molar-refractivity contribution in [3.63, 3.8) is 0 Å². The molecule has 0 heterocycles. The zero-order valence-electron chi connectivity index (χ0n) is 11.4. The number of hydrogen-bond donors (Lipinski definition) is 1. The first-order chi connectivity index (χ1) is 9.65. The van der Waals surface area contributed by atoms with Gasteiger partial charge in [-0.15, -0.1) is 0 Å². The van der Waals surface area contributed by atoms with Gasteiger partial charge in [0.2, 0.25) is 0 Å². The van der Waals surface area contributed by atoms with Crippen molar-refractivity contribution in [1.82, 2.24) is 0 Å². The van der Waals surface area contributed by atoms with Gasteiger partial charge in [-0.2, -0.15) is 0 Å². The van der Waals surface area contributed by atoms with Gasteiger partial charge in [-0.1, -0.05) is 42.8 Å². The first kappa shape index (κ1) is 14.0. The molecule has 3 rings (SSSR count). The van der Waals surface area contributed by atoms with Crippen LogP contribution >= 0.6 is 27.5 Å². The first-order valence-electron chi connectivity index (χ1n) is 6.95. The van der Waals surface area contributed by atoms with E-state index in [9.17, 15) is 0 Å². The lowest BCUT2D eigenvalue weighted by Gasteiger charge is -2.31. The Morgan fingerprint density at radius 2 is 1.85 bits per heavy atom. The minimum atomic E-state index is 0.375. The summed E-state index contributed by atoms with van der Waals surface area (Å²) in [5.41, 5.74) is 4.00. The van der Waals surface area contributed by atoms with E-state index >= 15 is 0 Å². The van der Waals surface area contributed by atoms with Gasteiger partial charge in [0.15, 0.2) is 0 Å². The van der Waals surface area contributed by atoms with Crippen LogP contribution in [-0.4, -0.2) is 0 Å². The fourth-order valence-electron chi connectivity index (χ4n) is 2.95. The quantitative estimate of drug-likeness (QED) is 0.684. The van der Waals surface area contributed by atoms with E-state index in [0.717, 1.165) is 21.6 Å². The molecule has 2 aromatic carbocycles. The number of hydrogen-bond acceptors (Lipinski definition) is 1. The molecule has 0 saturated heterocycles. The van der Waals surface area contributed by atoms with E-state index in [2.05, 4.69) is 52.4 Å². The van der Waals surface area contributed by atoms with Gasteiger partial charge in [-0.25, -0.2) is 0 Å². The average molecular weight is 351 g/mol. The smallest absolute Gasteiger partial charge is 0.0517 e. The van der Waals surface area contributed by atoms with Crippen LogP contribution < -0.4 is 5.32 Å². The van der Waals surface area contributed by atoms with Crippen molar-refractivity contribution in [2.45, 2.75) is 31.7 Å². The molecule has 0 spiro atoms. The highest BCUT2D eigenvalue weighted by molar-refractivity contribution is 9.10. The van der Waals surface area contributed by atoms with E-state index in [4.69, 9.17) is 11.6 Å². The van der Waals surface area contributed by atoms with Crippen LogP contribution in [0.1, 0.15) is 42.9 Å². The third-order valence-electron chi connectivity index (χ3n) is 4.05. The first-order valence-corrected chi connectivity index (χ1v) is 8.12. The molecule has 1 aliphatic rings. The summed E-state index contributed by atoms with van der Waals surface area (Å²) in [5, 5.41) is 4.40.